The number of methoxy groups -OCH3 is 1. The molecule has 1 unspecified atom stereocenters. The molecule has 0 aliphatic rings. The fraction of sp³-hybridized carbons (Fsp3) is 0.667. The van der Waals surface area contributed by atoms with Crippen LogP contribution in [0, 0.1) is 6.92 Å². The van der Waals surface area contributed by atoms with Crippen LogP contribution in [-0.2, 0) is 4.74 Å². The first-order valence-electron chi connectivity index (χ1n) is 6.06. The minimum absolute atomic E-state index is 0.224. The highest BCUT2D eigenvalue weighted by Crippen LogP contribution is 2.26. The van der Waals surface area contributed by atoms with Gasteiger partial charge in [-0.2, -0.15) is 4.98 Å². The average Bonchev–Trinajstić information content (AvgIpc) is 2.34. The zero-order chi connectivity index (χ0) is 13.7. The lowest BCUT2D eigenvalue weighted by Crippen LogP contribution is -2.37. The van der Waals surface area contributed by atoms with E-state index in [1.165, 1.54) is 0 Å². The summed E-state index contributed by atoms with van der Waals surface area (Å²) in [5.41, 5.74) is 7.33. The number of anilines is 2. The third kappa shape index (κ3) is 3.46. The first-order chi connectivity index (χ1) is 8.51. The Morgan fingerprint density at radius 3 is 2.67 bits per heavy atom. The van der Waals surface area contributed by atoms with Gasteiger partial charge < -0.3 is 15.4 Å². The smallest absolute Gasteiger partial charge is 0.224 e. The van der Waals surface area contributed by atoms with E-state index < -0.39 is 0 Å². The van der Waals surface area contributed by atoms with E-state index in [1.54, 1.807) is 7.11 Å². The van der Waals surface area contributed by atoms with Gasteiger partial charge in [0.1, 0.15) is 0 Å². The van der Waals surface area contributed by atoms with Crippen LogP contribution in [-0.4, -0.2) is 36.3 Å². The second-order valence-electron chi connectivity index (χ2n) is 4.26. The summed E-state index contributed by atoms with van der Waals surface area (Å²) in [5.74, 6) is 0.693. The van der Waals surface area contributed by atoms with Crippen molar-refractivity contribution >= 4 is 23.1 Å². The summed E-state index contributed by atoms with van der Waals surface area (Å²) in [6, 6.07) is 0.313. The fourth-order valence-electron chi connectivity index (χ4n) is 1.70. The highest BCUT2D eigenvalue weighted by Gasteiger charge is 2.19. The predicted octanol–water partition coefficient (Wildman–Crippen LogP) is 2.27. The van der Waals surface area contributed by atoms with Gasteiger partial charge in [-0.25, -0.2) is 4.98 Å². The minimum Gasteiger partial charge on any atom is -0.394 e. The molecule has 2 N–H and O–H groups in total. The van der Waals surface area contributed by atoms with E-state index in [9.17, 15) is 0 Å². The largest absolute Gasteiger partial charge is 0.394 e. The van der Waals surface area contributed by atoms with Crippen LogP contribution in [0.2, 0.25) is 5.28 Å². The third-order valence-corrected chi connectivity index (χ3v) is 3.19. The molecule has 0 aromatic carbocycles. The topological polar surface area (TPSA) is 64.3 Å². The second kappa shape index (κ2) is 6.75. The maximum atomic E-state index is 6.05. The van der Waals surface area contributed by atoms with Crippen LogP contribution in [0.4, 0.5) is 11.5 Å². The van der Waals surface area contributed by atoms with Crippen molar-refractivity contribution in [2.75, 3.05) is 30.9 Å². The van der Waals surface area contributed by atoms with Crippen molar-refractivity contribution in [3.05, 3.63) is 11.0 Å². The van der Waals surface area contributed by atoms with E-state index in [2.05, 4.69) is 28.7 Å². The number of aromatic nitrogens is 2. The van der Waals surface area contributed by atoms with Crippen molar-refractivity contribution in [3.63, 3.8) is 0 Å². The van der Waals surface area contributed by atoms with E-state index in [-0.39, 0.29) is 5.28 Å². The van der Waals surface area contributed by atoms with Crippen LogP contribution in [0.25, 0.3) is 0 Å². The van der Waals surface area contributed by atoms with Crippen molar-refractivity contribution in [2.24, 2.45) is 0 Å². The molecule has 0 radical (unpaired) electrons. The Labute approximate surface area is 113 Å². The molecule has 6 heteroatoms. The molecular weight excluding hydrogens is 252 g/mol. The van der Waals surface area contributed by atoms with Gasteiger partial charge >= 0.3 is 0 Å². The number of aryl methyl sites for hydroxylation is 1. The molecule has 1 aromatic rings. The predicted molar refractivity (Wildman–Crippen MR) is 75.2 cm³/mol. The van der Waals surface area contributed by atoms with Gasteiger partial charge in [0.05, 0.1) is 18.0 Å². The summed E-state index contributed by atoms with van der Waals surface area (Å²) in [7, 11) is 1.68. The van der Waals surface area contributed by atoms with Gasteiger partial charge in [-0.15, -0.1) is 0 Å². The first-order valence-corrected chi connectivity index (χ1v) is 6.44. The normalized spacial score (nSPS) is 12.5. The Morgan fingerprint density at radius 2 is 2.11 bits per heavy atom. The monoisotopic (exact) mass is 272 g/mol. The number of hydrogen-bond acceptors (Lipinski definition) is 5. The van der Waals surface area contributed by atoms with E-state index >= 15 is 0 Å². The average molecular weight is 273 g/mol. The number of rotatable bonds is 6. The molecule has 0 amide bonds. The zero-order valence-electron chi connectivity index (χ0n) is 11.4. The lowest BCUT2D eigenvalue weighted by molar-refractivity contribution is 0.203. The summed E-state index contributed by atoms with van der Waals surface area (Å²) in [4.78, 5) is 10.4. The van der Waals surface area contributed by atoms with Crippen molar-refractivity contribution in [1.82, 2.24) is 9.97 Å². The van der Waals surface area contributed by atoms with Crippen LogP contribution in [0.3, 0.4) is 0 Å². The molecular formula is C12H21ClN4O. The highest BCUT2D eigenvalue weighted by atomic mass is 35.5. The van der Waals surface area contributed by atoms with Crippen molar-refractivity contribution in [1.29, 1.82) is 0 Å². The second-order valence-corrected chi connectivity index (χ2v) is 4.60. The maximum absolute atomic E-state index is 6.05. The van der Waals surface area contributed by atoms with Gasteiger partial charge in [0.15, 0.2) is 5.82 Å². The van der Waals surface area contributed by atoms with E-state index in [0.29, 0.717) is 29.8 Å². The van der Waals surface area contributed by atoms with E-state index in [1.807, 2.05) is 6.92 Å². The number of nitrogen functional groups attached to an aromatic ring is 1. The third-order valence-electron chi connectivity index (χ3n) is 3.02. The molecule has 1 aromatic heterocycles. The molecule has 102 valence electrons. The Bertz CT molecular complexity index is 400. The first kappa shape index (κ1) is 15.0. The molecule has 0 spiro atoms. The van der Waals surface area contributed by atoms with Crippen LogP contribution < -0.4 is 10.6 Å². The summed E-state index contributed by atoms with van der Waals surface area (Å²) < 4.78 is 5.13. The van der Waals surface area contributed by atoms with Crippen LogP contribution in [0.15, 0.2) is 0 Å². The molecule has 0 saturated heterocycles. The minimum atomic E-state index is 0.224. The summed E-state index contributed by atoms with van der Waals surface area (Å²) in [6.45, 7) is 7.42. The molecule has 18 heavy (non-hydrogen) atoms. The number of nitrogens with zero attached hydrogens (tertiary/aromatic N) is 3. The van der Waals surface area contributed by atoms with E-state index in [4.69, 9.17) is 22.1 Å². The Kier molecular flexibility index (Phi) is 5.62. The fourth-order valence-corrected chi connectivity index (χ4v) is 1.90. The van der Waals surface area contributed by atoms with Gasteiger partial charge in [-0.1, -0.05) is 6.92 Å². The Balaban J connectivity index is 3.11. The maximum Gasteiger partial charge on any atom is 0.224 e. The van der Waals surface area contributed by atoms with Crippen LogP contribution >= 0.6 is 11.6 Å². The number of ether oxygens (including phenoxy) is 1. The summed E-state index contributed by atoms with van der Waals surface area (Å²) in [5, 5.41) is 0.224. The lowest BCUT2D eigenvalue weighted by Gasteiger charge is -2.30. The SMILES string of the molecule is CCC(C)N(CCOC)c1nc(Cl)nc(C)c1N. The van der Waals surface area contributed by atoms with Gasteiger partial charge in [0, 0.05) is 19.7 Å². The zero-order valence-corrected chi connectivity index (χ0v) is 12.2. The quantitative estimate of drug-likeness (QED) is 0.805. The molecule has 0 bridgehead atoms. The summed E-state index contributed by atoms with van der Waals surface area (Å²) in [6.07, 6.45) is 0.990. The molecule has 5 nitrogen and oxygen atoms in total. The Morgan fingerprint density at radius 1 is 1.44 bits per heavy atom. The molecule has 1 heterocycles. The van der Waals surface area contributed by atoms with Crippen molar-refractivity contribution in [3.8, 4) is 0 Å². The highest BCUT2D eigenvalue weighted by molar-refractivity contribution is 6.28. The standard InChI is InChI=1S/C12H21ClN4O/c1-5-8(2)17(6-7-18-4)11-10(14)9(3)15-12(13)16-11/h8H,5-7,14H2,1-4H3. The molecule has 1 rings (SSSR count). The molecule has 0 aliphatic heterocycles. The molecule has 0 saturated carbocycles. The molecule has 0 fully saturated rings. The van der Waals surface area contributed by atoms with Crippen LogP contribution in [0.1, 0.15) is 26.0 Å². The number of halogens is 1. The van der Waals surface area contributed by atoms with Gasteiger partial charge in [0.25, 0.3) is 0 Å². The van der Waals surface area contributed by atoms with Gasteiger partial charge in [0.2, 0.25) is 5.28 Å². The number of hydrogen-bond donors (Lipinski definition) is 1. The molecule has 0 aliphatic carbocycles. The number of nitrogens with two attached hydrogens (primary N) is 1. The summed E-state index contributed by atoms with van der Waals surface area (Å²) >= 11 is 5.91. The van der Waals surface area contributed by atoms with Gasteiger partial charge in [-0.05, 0) is 31.9 Å². The lowest BCUT2D eigenvalue weighted by atomic mass is 10.2. The van der Waals surface area contributed by atoms with E-state index in [0.717, 1.165) is 13.0 Å². The van der Waals surface area contributed by atoms with Crippen molar-refractivity contribution < 1.29 is 4.74 Å². The Hall–Kier alpha value is -1.07. The van der Waals surface area contributed by atoms with Crippen LogP contribution in [0.5, 0.6) is 0 Å². The van der Waals surface area contributed by atoms with Gasteiger partial charge in [-0.3, -0.25) is 0 Å². The van der Waals surface area contributed by atoms with Crippen molar-refractivity contribution in [2.45, 2.75) is 33.2 Å². The molecule has 1 atom stereocenters.